The van der Waals surface area contributed by atoms with E-state index in [0.717, 1.165) is 51.1 Å². The third-order valence-electron chi connectivity index (χ3n) is 6.90. The number of benzene rings is 4. The van der Waals surface area contributed by atoms with Gasteiger partial charge in [0.1, 0.15) is 12.1 Å². The molecule has 0 aliphatic carbocycles. The number of rotatable bonds is 8. The maximum Gasteiger partial charge on any atom is 0.150 e. The van der Waals surface area contributed by atoms with Crippen LogP contribution in [0.3, 0.4) is 0 Å². The molecule has 0 radical (unpaired) electrons. The van der Waals surface area contributed by atoms with Crippen molar-refractivity contribution in [1.82, 2.24) is 14.5 Å². The molecule has 0 saturated heterocycles. The van der Waals surface area contributed by atoms with Crippen LogP contribution in [-0.2, 0) is 0 Å². The predicted octanol–water partition coefficient (Wildman–Crippen LogP) is 8.48. The van der Waals surface area contributed by atoms with Gasteiger partial charge in [0, 0.05) is 34.4 Å². The van der Waals surface area contributed by atoms with Crippen LogP contribution in [-0.4, -0.2) is 21.1 Å². The Hall–Kier alpha value is -4.22. The average Bonchev–Trinajstić information content (AvgIpc) is 3.38. The Labute approximate surface area is 231 Å². The Kier molecular flexibility index (Phi) is 7.01. The summed E-state index contributed by atoms with van der Waals surface area (Å²) in [4.78, 5) is 9.44. The fourth-order valence-corrected chi connectivity index (χ4v) is 5.33. The number of aromatic nitrogens is 3. The fourth-order valence-electron chi connectivity index (χ4n) is 5.06. The first-order valence-electron chi connectivity index (χ1n) is 12.8. The molecule has 0 amide bonds. The molecular formula is C33H27BrN4. The molecule has 0 unspecified atom stereocenters. The summed E-state index contributed by atoms with van der Waals surface area (Å²) in [6.07, 6.45) is 4.76. The van der Waals surface area contributed by atoms with Crippen LogP contribution in [0, 0.1) is 0 Å². The third kappa shape index (κ3) is 4.98. The molecule has 0 saturated carbocycles. The highest BCUT2D eigenvalue weighted by atomic mass is 79.9. The van der Waals surface area contributed by atoms with Gasteiger partial charge in [0.05, 0.1) is 5.39 Å². The maximum absolute atomic E-state index is 4.73. The Morgan fingerprint density at radius 2 is 1.32 bits per heavy atom. The van der Waals surface area contributed by atoms with E-state index >= 15 is 0 Å². The number of nitrogens with one attached hydrogen (secondary N) is 1. The first-order chi connectivity index (χ1) is 18.8. The van der Waals surface area contributed by atoms with Crippen molar-refractivity contribution >= 4 is 32.8 Å². The molecular weight excluding hydrogens is 532 g/mol. The minimum Gasteiger partial charge on any atom is -0.369 e. The molecule has 0 spiro atoms. The van der Waals surface area contributed by atoms with E-state index in [9.17, 15) is 0 Å². The van der Waals surface area contributed by atoms with Gasteiger partial charge < -0.3 is 9.88 Å². The van der Waals surface area contributed by atoms with E-state index in [4.69, 9.17) is 9.97 Å². The Morgan fingerprint density at radius 1 is 0.711 bits per heavy atom. The molecule has 6 rings (SSSR count). The minimum absolute atomic E-state index is 0.295. The molecule has 6 aromatic rings. The molecule has 1 N–H and O–H groups in total. The van der Waals surface area contributed by atoms with E-state index in [2.05, 4.69) is 141 Å². The number of halogens is 1. The Balaban J connectivity index is 1.37. The SMILES string of the molecule is Brc1ccc(-n2cc(-c3ccccc3)c3c(NCCC(c4ccccc4)c4ccccc4)ncnc32)cc1. The largest absolute Gasteiger partial charge is 0.369 e. The molecule has 4 aromatic carbocycles. The zero-order chi connectivity index (χ0) is 25.7. The zero-order valence-corrected chi connectivity index (χ0v) is 22.4. The zero-order valence-electron chi connectivity index (χ0n) is 20.8. The van der Waals surface area contributed by atoms with Crippen LogP contribution in [0.1, 0.15) is 23.5 Å². The lowest BCUT2D eigenvalue weighted by Crippen LogP contribution is -2.10. The highest BCUT2D eigenvalue weighted by Gasteiger charge is 2.18. The summed E-state index contributed by atoms with van der Waals surface area (Å²) < 4.78 is 3.19. The molecule has 5 heteroatoms. The number of hydrogen-bond donors (Lipinski definition) is 1. The van der Waals surface area contributed by atoms with Gasteiger partial charge in [0.15, 0.2) is 5.65 Å². The van der Waals surface area contributed by atoms with Crippen LogP contribution in [0.15, 0.2) is 132 Å². The molecule has 4 nitrogen and oxygen atoms in total. The van der Waals surface area contributed by atoms with Gasteiger partial charge in [-0.3, -0.25) is 0 Å². The van der Waals surface area contributed by atoms with Gasteiger partial charge in [-0.15, -0.1) is 0 Å². The lowest BCUT2D eigenvalue weighted by molar-refractivity contribution is 0.743. The van der Waals surface area contributed by atoms with E-state index in [1.165, 1.54) is 11.1 Å². The fraction of sp³-hybridized carbons (Fsp3) is 0.0909. The molecule has 0 atom stereocenters. The van der Waals surface area contributed by atoms with Crippen molar-refractivity contribution in [2.75, 3.05) is 11.9 Å². The van der Waals surface area contributed by atoms with Crippen LogP contribution in [0.5, 0.6) is 0 Å². The second-order valence-electron chi connectivity index (χ2n) is 9.27. The molecule has 0 bridgehead atoms. The molecule has 186 valence electrons. The number of nitrogens with zero attached hydrogens (tertiary/aromatic N) is 3. The van der Waals surface area contributed by atoms with Crippen LogP contribution in [0.4, 0.5) is 5.82 Å². The summed E-state index contributed by atoms with van der Waals surface area (Å²) in [6, 6.07) is 40.2. The summed E-state index contributed by atoms with van der Waals surface area (Å²) in [6.45, 7) is 0.776. The topological polar surface area (TPSA) is 42.7 Å². The molecule has 2 aromatic heterocycles. The summed E-state index contributed by atoms with van der Waals surface area (Å²) >= 11 is 3.55. The monoisotopic (exact) mass is 558 g/mol. The van der Waals surface area contributed by atoms with E-state index in [1.54, 1.807) is 6.33 Å². The van der Waals surface area contributed by atoms with E-state index in [0.29, 0.717) is 5.92 Å². The maximum atomic E-state index is 4.73. The van der Waals surface area contributed by atoms with Crippen molar-refractivity contribution in [3.05, 3.63) is 143 Å². The number of hydrogen-bond acceptors (Lipinski definition) is 3. The van der Waals surface area contributed by atoms with Crippen LogP contribution in [0.2, 0.25) is 0 Å². The first kappa shape index (κ1) is 24.1. The average molecular weight is 560 g/mol. The van der Waals surface area contributed by atoms with E-state index in [-0.39, 0.29) is 0 Å². The Morgan fingerprint density at radius 3 is 1.95 bits per heavy atom. The summed E-state index contributed by atoms with van der Waals surface area (Å²) in [7, 11) is 0. The van der Waals surface area contributed by atoms with Gasteiger partial charge in [0.25, 0.3) is 0 Å². The standard InChI is InChI=1S/C33H27BrN4/c34-27-16-18-28(19-17-27)38-22-30(26-14-8-3-9-15-26)31-32(36-23-37-33(31)38)35-21-20-29(24-10-4-1-5-11-24)25-12-6-2-7-13-25/h1-19,22-23,29H,20-21H2,(H,35,36,37). The molecule has 2 heterocycles. The van der Waals surface area contributed by atoms with Crippen LogP contribution in [0.25, 0.3) is 27.8 Å². The minimum atomic E-state index is 0.295. The van der Waals surface area contributed by atoms with Gasteiger partial charge in [-0.2, -0.15) is 0 Å². The van der Waals surface area contributed by atoms with Crippen molar-refractivity contribution in [3.63, 3.8) is 0 Å². The summed E-state index contributed by atoms with van der Waals surface area (Å²) in [5, 5.41) is 4.70. The number of fused-ring (bicyclic) bond motifs is 1. The third-order valence-corrected chi connectivity index (χ3v) is 7.43. The predicted molar refractivity (Wildman–Crippen MR) is 160 cm³/mol. The van der Waals surface area contributed by atoms with Crippen molar-refractivity contribution in [1.29, 1.82) is 0 Å². The van der Waals surface area contributed by atoms with Gasteiger partial charge in [-0.05, 0) is 47.4 Å². The molecule has 0 aliphatic heterocycles. The van der Waals surface area contributed by atoms with Gasteiger partial charge >= 0.3 is 0 Å². The van der Waals surface area contributed by atoms with Crippen molar-refractivity contribution in [2.45, 2.75) is 12.3 Å². The van der Waals surface area contributed by atoms with Crippen molar-refractivity contribution < 1.29 is 0 Å². The van der Waals surface area contributed by atoms with Gasteiger partial charge in [-0.25, -0.2) is 9.97 Å². The smallest absolute Gasteiger partial charge is 0.150 e. The molecule has 38 heavy (non-hydrogen) atoms. The van der Waals surface area contributed by atoms with Gasteiger partial charge in [-0.1, -0.05) is 107 Å². The first-order valence-corrected chi connectivity index (χ1v) is 13.6. The van der Waals surface area contributed by atoms with Crippen LogP contribution < -0.4 is 5.32 Å². The van der Waals surface area contributed by atoms with Crippen LogP contribution >= 0.6 is 15.9 Å². The number of anilines is 1. The second kappa shape index (κ2) is 11.0. The lowest BCUT2D eigenvalue weighted by Gasteiger charge is -2.19. The highest BCUT2D eigenvalue weighted by molar-refractivity contribution is 9.10. The highest BCUT2D eigenvalue weighted by Crippen LogP contribution is 2.36. The molecule has 0 fully saturated rings. The van der Waals surface area contributed by atoms with E-state index in [1.807, 2.05) is 6.07 Å². The molecule has 0 aliphatic rings. The summed E-state index contributed by atoms with van der Waals surface area (Å²) in [5.41, 5.74) is 6.82. The quantitative estimate of drug-likeness (QED) is 0.203. The van der Waals surface area contributed by atoms with E-state index < -0.39 is 0 Å². The van der Waals surface area contributed by atoms with Crippen molar-refractivity contribution in [2.24, 2.45) is 0 Å². The summed E-state index contributed by atoms with van der Waals surface area (Å²) in [5.74, 6) is 1.15. The second-order valence-corrected chi connectivity index (χ2v) is 10.2. The normalized spacial score (nSPS) is 11.2. The lowest BCUT2D eigenvalue weighted by atomic mass is 9.88. The Bertz CT molecular complexity index is 1590. The van der Waals surface area contributed by atoms with Gasteiger partial charge in [0.2, 0.25) is 0 Å². The van der Waals surface area contributed by atoms with Crippen molar-refractivity contribution in [3.8, 4) is 16.8 Å².